The maximum absolute atomic E-state index is 13.0. The predicted molar refractivity (Wildman–Crippen MR) is 124 cm³/mol. The topological polar surface area (TPSA) is 58.2 Å². The minimum atomic E-state index is -0.391. The van der Waals surface area contributed by atoms with E-state index < -0.39 is 5.82 Å². The Hall–Kier alpha value is -2.39. The fourth-order valence-electron chi connectivity index (χ4n) is 2.49. The molecule has 3 rings (SSSR count). The first kappa shape index (κ1) is 21.3. The molecule has 2 amide bonds. The van der Waals surface area contributed by atoms with Gasteiger partial charge in [0.05, 0.1) is 5.25 Å². The fourth-order valence-corrected chi connectivity index (χ4v) is 3.77. The van der Waals surface area contributed by atoms with Gasteiger partial charge in [-0.3, -0.25) is 9.59 Å². The third-order valence-electron chi connectivity index (χ3n) is 3.99. The Morgan fingerprint density at radius 3 is 2.31 bits per heavy atom. The zero-order chi connectivity index (χ0) is 20.8. The molecule has 0 heterocycles. The van der Waals surface area contributed by atoms with E-state index >= 15 is 0 Å². The molecule has 2 N–H and O–H groups in total. The Bertz CT molecular complexity index is 1010. The molecule has 0 saturated carbocycles. The van der Waals surface area contributed by atoms with E-state index in [2.05, 4.69) is 33.2 Å². The summed E-state index contributed by atoms with van der Waals surface area (Å²) in [6, 6.07) is 20.2. The van der Waals surface area contributed by atoms with Crippen molar-refractivity contribution < 1.29 is 14.0 Å². The minimum Gasteiger partial charge on any atom is -0.325 e. The third kappa shape index (κ3) is 6.30. The zero-order valence-corrected chi connectivity index (χ0v) is 18.5. The molecule has 0 saturated heterocycles. The van der Waals surface area contributed by atoms with Crippen LogP contribution in [0.25, 0.3) is 0 Å². The smallest absolute Gasteiger partial charge is 0.255 e. The van der Waals surface area contributed by atoms with Gasteiger partial charge in [-0.25, -0.2) is 4.39 Å². The summed E-state index contributed by atoms with van der Waals surface area (Å²) in [7, 11) is 0. The largest absolute Gasteiger partial charge is 0.325 e. The Kier molecular flexibility index (Phi) is 7.27. The van der Waals surface area contributed by atoms with Crippen LogP contribution in [0.3, 0.4) is 0 Å². The number of thioether (sulfide) groups is 1. The van der Waals surface area contributed by atoms with E-state index in [9.17, 15) is 14.0 Å². The van der Waals surface area contributed by atoms with Crippen LogP contribution in [-0.4, -0.2) is 17.1 Å². The Morgan fingerprint density at radius 1 is 0.931 bits per heavy atom. The molecule has 1 atom stereocenters. The van der Waals surface area contributed by atoms with Crippen molar-refractivity contribution in [2.45, 2.75) is 17.1 Å². The molecule has 0 aromatic heterocycles. The monoisotopic (exact) mass is 520 g/mol. The van der Waals surface area contributed by atoms with Crippen LogP contribution in [0, 0.1) is 9.39 Å². The molecule has 29 heavy (non-hydrogen) atoms. The van der Waals surface area contributed by atoms with E-state index in [1.807, 2.05) is 43.3 Å². The first-order valence-electron chi connectivity index (χ1n) is 8.81. The quantitative estimate of drug-likeness (QED) is 0.319. The molecule has 0 radical (unpaired) electrons. The summed E-state index contributed by atoms with van der Waals surface area (Å²) in [5.41, 5.74) is 1.73. The van der Waals surface area contributed by atoms with Crippen LogP contribution in [0.1, 0.15) is 17.3 Å². The highest BCUT2D eigenvalue weighted by atomic mass is 127. The Morgan fingerprint density at radius 2 is 1.62 bits per heavy atom. The summed E-state index contributed by atoms with van der Waals surface area (Å²) in [5.74, 6) is -0.814. The van der Waals surface area contributed by atoms with E-state index in [1.54, 1.807) is 12.1 Å². The van der Waals surface area contributed by atoms with Crippen molar-refractivity contribution in [2.24, 2.45) is 0 Å². The van der Waals surface area contributed by atoms with Crippen molar-refractivity contribution >= 4 is 57.5 Å². The van der Waals surface area contributed by atoms with Crippen LogP contribution >= 0.6 is 34.4 Å². The molecule has 0 fully saturated rings. The Balaban J connectivity index is 1.61. The number of halogens is 2. The predicted octanol–water partition coefficient (Wildman–Crippen LogP) is 5.80. The van der Waals surface area contributed by atoms with E-state index in [1.165, 1.54) is 36.0 Å². The van der Waals surface area contributed by atoms with Gasteiger partial charge in [-0.2, -0.15) is 0 Å². The molecule has 148 valence electrons. The van der Waals surface area contributed by atoms with Crippen LogP contribution in [-0.2, 0) is 4.79 Å². The molecule has 4 nitrogen and oxygen atoms in total. The first-order valence-corrected chi connectivity index (χ1v) is 10.8. The van der Waals surface area contributed by atoms with Gasteiger partial charge < -0.3 is 10.6 Å². The van der Waals surface area contributed by atoms with Crippen molar-refractivity contribution in [1.82, 2.24) is 0 Å². The van der Waals surface area contributed by atoms with Crippen LogP contribution in [0.2, 0.25) is 0 Å². The lowest BCUT2D eigenvalue weighted by Crippen LogP contribution is -2.22. The normalized spacial score (nSPS) is 11.6. The zero-order valence-electron chi connectivity index (χ0n) is 15.5. The highest BCUT2D eigenvalue weighted by Gasteiger charge is 2.15. The second kappa shape index (κ2) is 9.89. The molecule has 0 aliphatic carbocycles. The lowest BCUT2D eigenvalue weighted by Gasteiger charge is -2.13. The minimum absolute atomic E-state index is 0.100. The van der Waals surface area contributed by atoms with Crippen molar-refractivity contribution in [2.75, 3.05) is 10.6 Å². The number of rotatable bonds is 6. The number of anilines is 2. The van der Waals surface area contributed by atoms with E-state index in [-0.39, 0.29) is 17.1 Å². The SMILES string of the molecule is CC(Sc1cccc(NC(=O)c2ccc(F)cc2)c1)C(=O)Nc1ccc(I)cc1. The second-order valence-corrected chi connectivity index (χ2v) is 8.90. The molecule has 3 aromatic rings. The molecule has 3 aromatic carbocycles. The van der Waals surface area contributed by atoms with Crippen molar-refractivity contribution in [3.8, 4) is 0 Å². The number of nitrogens with one attached hydrogen (secondary N) is 2. The number of carbonyl (C=O) groups excluding carboxylic acids is 2. The standard InChI is InChI=1S/C22H18FIN2O2S/c1-14(21(27)25-18-11-9-17(24)10-12-18)29-20-4-2-3-19(13-20)26-22(28)15-5-7-16(23)8-6-15/h2-14H,1H3,(H,25,27)(H,26,28). The molecule has 1 unspecified atom stereocenters. The van der Waals surface area contributed by atoms with Gasteiger partial charge in [-0.1, -0.05) is 6.07 Å². The third-order valence-corrected chi connectivity index (χ3v) is 5.81. The first-order chi connectivity index (χ1) is 13.9. The average molecular weight is 520 g/mol. The fraction of sp³-hybridized carbons (Fsp3) is 0.0909. The lowest BCUT2D eigenvalue weighted by molar-refractivity contribution is -0.115. The maximum atomic E-state index is 13.0. The van der Waals surface area contributed by atoms with Crippen molar-refractivity contribution in [3.05, 3.63) is 87.7 Å². The van der Waals surface area contributed by atoms with Gasteiger partial charge in [0.2, 0.25) is 5.91 Å². The van der Waals surface area contributed by atoms with Gasteiger partial charge in [0.15, 0.2) is 0 Å². The average Bonchev–Trinajstić information content (AvgIpc) is 2.70. The number of hydrogen-bond acceptors (Lipinski definition) is 3. The summed E-state index contributed by atoms with van der Waals surface area (Å²) in [6.07, 6.45) is 0. The summed E-state index contributed by atoms with van der Waals surface area (Å²) in [4.78, 5) is 25.6. The molecule has 0 aliphatic heterocycles. The van der Waals surface area contributed by atoms with Gasteiger partial charge in [0.1, 0.15) is 5.82 Å². The molecular formula is C22H18FIN2O2S. The van der Waals surface area contributed by atoms with Crippen LogP contribution in [0.15, 0.2) is 77.7 Å². The highest BCUT2D eigenvalue weighted by Crippen LogP contribution is 2.27. The van der Waals surface area contributed by atoms with Gasteiger partial charge >= 0.3 is 0 Å². The summed E-state index contributed by atoms with van der Waals surface area (Å²) in [5, 5.41) is 5.37. The van der Waals surface area contributed by atoms with Crippen molar-refractivity contribution in [1.29, 1.82) is 0 Å². The number of carbonyl (C=O) groups is 2. The number of amides is 2. The number of benzene rings is 3. The van der Waals surface area contributed by atoms with E-state index in [4.69, 9.17) is 0 Å². The molecule has 0 bridgehead atoms. The van der Waals surface area contributed by atoms with Crippen LogP contribution in [0.4, 0.5) is 15.8 Å². The van der Waals surface area contributed by atoms with Gasteiger partial charge in [-0.05, 0) is 96.2 Å². The summed E-state index contributed by atoms with van der Waals surface area (Å²) < 4.78 is 14.1. The lowest BCUT2D eigenvalue weighted by atomic mass is 10.2. The van der Waals surface area contributed by atoms with E-state index in [0.717, 1.165) is 14.2 Å². The summed E-state index contributed by atoms with van der Waals surface area (Å²) >= 11 is 3.61. The number of hydrogen-bond donors (Lipinski definition) is 2. The van der Waals surface area contributed by atoms with E-state index in [0.29, 0.717) is 11.3 Å². The second-order valence-electron chi connectivity index (χ2n) is 6.25. The highest BCUT2D eigenvalue weighted by molar-refractivity contribution is 14.1. The maximum Gasteiger partial charge on any atom is 0.255 e. The summed E-state index contributed by atoms with van der Waals surface area (Å²) in [6.45, 7) is 1.83. The van der Waals surface area contributed by atoms with Crippen molar-refractivity contribution in [3.63, 3.8) is 0 Å². The Labute approximate surface area is 186 Å². The molecular weight excluding hydrogens is 502 g/mol. The van der Waals surface area contributed by atoms with Gasteiger partial charge in [0, 0.05) is 25.4 Å². The molecule has 0 spiro atoms. The van der Waals surface area contributed by atoms with Gasteiger partial charge in [-0.15, -0.1) is 11.8 Å². The van der Waals surface area contributed by atoms with Crippen LogP contribution < -0.4 is 10.6 Å². The van der Waals surface area contributed by atoms with Crippen LogP contribution in [0.5, 0.6) is 0 Å². The van der Waals surface area contributed by atoms with Gasteiger partial charge in [0.25, 0.3) is 5.91 Å². The molecule has 7 heteroatoms. The molecule has 0 aliphatic rings.